The van der Waals surface area contributed by atoms with E-state index in [0.29, 0.717) is 12.3 Å². The molecule has 0 aliphatic rings. The highest BCUT2D eigenvalue weighted by Crippen LogP contribution is 2.22. The lowest BCUT2D eigenvalue weighted by atomic mass is 9.93. The SMILES string of the molecule is CC(C)(C)CCOC(=O)c1ccc(N)cc1O. The maximum Gasteiger partial charge on any atom is 0.341 e. The smallest absolute Gasteiger partial charge is 0.341 e. The highest BCUT2D eigenvalue weighted by Gasteiger charge is 2.15. The van der Waals surface area contributed by atoms with Gasteiger partial charge in [-0.15, -0.1) is 0 Å². The highest BCUT2D eigenvalue weighted by atomic mass is 16.5. The zero-order valence-electron chi connectivity index (χ0n) is 10.5. The van der Waals surface area contributed by atoms with Crippen molar-refractivity contribution < 1.29 is 14.6 Å². The summed E-state index contributed by atoms with van der Waals surface area (Å²) in [5, 5.41) is 9.54. The molecule has 4 nitrogen and oxygen atoms in total. The molecule has 4 heteroatoms. The summed E-state index contributed by atoms with van der Waals surface area (Å²) in [6.07, 6.45) is 0.772. The van der Waals surface area contributed by atoms with Crippen molar-refractivity contribution >= 4 is 11.7 Å². The number of anilines is 1. The molecular formula is C13H19NO3. The summed E-state index contributed by atoms with van der Waals surface area (Å²) in [6, 6.07) is 4.35. The van der Waals surface area contributed by atoms with E-state index in [0.717, 1.165) is 6.42 Å². The zero-order valence-corrected chi connectivity index (χ0v) is 10.5. The van der Waals surface area contributed by atoms with E-state index in [1.165, 1.54) is 12.1 Å². The van der Waals surface area contributed by atoms with Crippen molar-refractivity contribution in [1.29, 1.82) is 0 Å². The van der Waals surface area contributed by atoms with Crippen LogP contribution in [-0.2, 0) is 4.74 Å². The van der Waals surface area contributed by atoms with Gasteiger partial charge in [0.2, 0.25) is 0 Å². The average molecular weight is 237 g/mol. The van der Waals surface area contributed by atoms with Gasteiger partial charge >= 0.3 is 5.97 Å². The van der Waals surface area contributed by atoms with Gasteiger partial charge in [0.1, 0.15) is 11.3 Å². The first kappa shape index (κ1) is 13.4. The van der Waals surface area contributed by atoms with Crippen LogP contribution < -0.4 is 5.73 Å². The molecule has 0 saturated carbocycles. The van der Waals surface area contributed by atoms with Crippen molar-refractivity contribution in [2.45, 2.75) is 27.2 Å². The highest BCUT2D eigenvalue weighted by molar-refractivity contribution is 5.92. The van der Waals surface area contributed by atoms with Gasteiger partial charge in [0.05, 0.1) is 6.61 Å². The summed E-state index contributed by atoms with van der Waals surface area (Å²) in [4.78, 5) is 11.6. The van der Waals surface area contributed by atoms with Gasteiger partial charge in [-0.05, 0) is 24.0 Å². The van der Waals surface area contributed by atoms with Crippen molar-refractivity contribution in [3.63, 3.8) is 0 Å². The maximum absolute atomic E-state index is 11.6. The summed E-state index contributed by atoms with van der Waals surface area (Å²) in [5.41, 5.74) is 6.14. The molecule has 17 heavy (non-hydrogen) atoms. The van der Waals surface area contributed by atoms with Crippen LogP contribution in [0.5, 0.6) is 5.75 Å². The van der Waals surface area contributed by atoms with Crippen LogP contribution >= 0.6 is 0 Å². The van der Waals surface area contributed by atoms with Gasteiger partial charge in [-0.25, -0.2) is 4.79 Å². The van der Waals surface area contributed by atoms with Crippen LogP contribution in [0.1, 0.15) is 37.6 Å². The van der Waals surface area contributed by atoms with Crippen LogP contribution in [0.25, 0.3) is 0 Å². The lowest BCUT2D eigenvalue weighted by Gasteiger charge is -2.17. The number of benzene rings is 1. The second-order valence-electron chi connectivity index (χ2n) is 5.22. The first-order valence-corrected chi connectivity index (χ1v) is 5.55. The molecule has 0 heterocycles. The van der Waals surface area contributed by atoms with Crippen molar-refractivity contribution in [3.8, 4) is 5.75 Å². The van der Waals surface area contributed by atoms with E-state index in [1.807, 2.05) is 0 Å². The van der Waals surface area contributed by atoms with Gasteiger partial charge in [0, 0.05) is 11.8 Å². The minimum Gasteiger partial charge on any atom is -0.507 e. The summed E-state index contributed by atoms with van der Waals surface area (Å²) in [6.45, 7) is 6.55. The first-order chi connectivity index (χ1) is 7.79. The van der Waals surface area contributed by atoms with Crippen molar-refractivity contribution in [2.75, 3.05) is 12.3 Å². The third-order valence-corrected chi connectivity index (χ3v) is 2.33. The second-order valence-corrected chi connectivity index (χ2v) is 5.22. The van der Waals surface area contributed by atoms with Crippen LogP contribution in [0, 0.1) is 5.41 Å². The molecule has 0 fully saturated rings. The molecule has 1 aromatic carbocycles. The molecule has 1 aromatic rings. The van der Waals surface area contributed by atoms with Crippen molar-refractivity contribution in [2.24, 2.45) is 5.41 Å². The molecule has 0 atom stereocenters. The Bertz CT molecular complexity index is 408. The normalized spacial score (nSPS) is 11.2. The molecule has 0 amide bonds. The Morgan fingerprint density at radius 2 is 2.06 bits per heavy atom. The third kappa shape index (κ3) is 4.34. The summed E-state index contributed by atoms with van der Waals surface area (Å²) < 4.78 is 5.09. The van der Waals surface area contributed by atoms with Crippen molar-refractivity contribution in [1.82, 2.24) is 0 Å². The van der Waals surface area contributed by atoms with E-state index in [1.54, 1.807) is 6.07 Å². The van der Waals surface area contributed by atoms with E-state index in [-0.39, 0.29) is 16.7 Å². The Labute approximate surface area is 101 Å². The number of esters is 1. The Morgan fingerprint density at radius 1 is 1.41 bits per heavy atom. The van der Waals surface area contributed by atoms with Gasteiger partial charge < -0.3 is 15.6 Å². The van der Waals surface area contributed by atoms with Crippen molar-refractivity contribution in [3.05, 3.63) is 23.8 Å². The molecule has 0 aliphatic carbocycles. The quantitative estimate of drug-likeness (QED) is 0.626. The number of carbonyl (C=O) groups is 1. The number of phenols is 1. The summed E-state index contributed by atoms with van der Waals surface area (Å²) >= 11 is 0. The number of hydrogen-bond donors (Lipinski definition) is 2. The topological polar surface area (TPSA) is 72.5 Å². The van der Waals surface area contributed by atoms with Gasteiger partial charge in [0.15, 0.2) is 0 Å². The van der Waals surface area contributed by atoms with Crippen LogP contribution in [0.4, 0.5) is 5.69 Å². The summed E-state index contributed by atoms with van der Waals surface area (Å²) in [7, 11) is 0. The van der Waals surface area contributed by atoms with E-state index in [2.05, 4.69) is 20.8 Å². The number of carbonyl (C=O) groups excluding carboxylic acids is 1. The Kier molecular flexibility index (Phi) is 3.99. The molecule has 0 aliphatic heterocycles. The Morgan fingerprint density at radius 3 is 2.59 bits per heavy atom. The van der Waals surface area contributed by atoms with E-state index >= 15 is 0 Å². The Hall–Kier alpha value is -1.71. The largest absolute Gasteiger partial charge is 0.507 e. The number of phenolic OH excluding ortho intramolecular Hbond substituents is 1. The fourth-order valence-electron chi connectivity index (χ4n) is 1.25. The van der Waals surface area contributed by atoms with Crippen LogP contribution in [-0.4, -0.2) is 17.7 Å². The second kappa shape index (κ2) is 5.08. The van der Waals surface area contributed by atoms with E-state index in [9.17, 15) is 9.90 Å². The van der Waals surface area contributed by atoms with Gasteiger partial charge in [0.25, 0.3) is 0 Å². The maximum atomic E-state index is 11.6. The number of rotatable bonds is 3. The summed E-state index contributed by atoms with van der Waals surface area (Å²) in [5.74, 6) is -0.669. The fourth-order valence-corrected chi connectivity index (χ4v) is 1.25. The van der Waals surface area contributed by atoms with Gasteiger partial charge in [-0.2, -0.15) is 0 Å². The molecule has 0 saturated heterocycles. The minimum absolute atomic E-state index is 0.115. The van der Waals surface area contributed by atoms with Gasteiger partial charge in [-0.1, -0.05) is 20.8 Å². The van der Waals surface area contributed by atoms with E-state index in [4.69, 9.17) is 10.5 Å². The van der Waals surface area contributed by atoms with Gasteiger partial charge in [-0.3, -0.25) is 0 Å². The number of aromatic hydroxyl groups is 1. The molecule has 0 unspecified atom stereocenters. The number of hydrogen-bond acceptors (Lipinski definition) is 4. The first-order valence-electron chi connectivity index (χ1n) is 5.55. The zero-order chi connectivity index (χ0) is 13.1. The number of ether oxygens (including phenoxy) is 1. The molecule has 1 rings (SSSR count). The monoisotopic (exact) mass is 237 g/mol. The standard InChI is InChI=1S/C13H19NO3/c1-13(2,3)6-7-17-12(16)10-5-4-9(14)8-11(10)15/h4-5,8,15H,6-7,14H2,1-3H3. The lowest BCUT2D eigenvalue weighted by Crippen LogP contribution is -2.13. The molecule has 0 aromatic heterocycles. The molecule has 0 bridgehead atoms. The van der Waals surface area contributed by atoms with Crippen LogP contribution in [0.2, 0.25) is 0 Å². The van der Waals surface area contributed by atoms with Crippen LogP contribution in [0.3, 0.4) is 0 Å². The minimum atomic E-state index is -0.522. The molecule has 94 valence electrons. The predicted octanol–water partition coefficient (Wildman–Crippen LogP) is 2.57. The average Bonchev–Trinajstić information content (AvgIpc) is 2.15. The molecule has 0 spiro atoms. The number of nitrogens with two attached hydrogens (primary N) is 1. The Balaban J connectivity index is 2.59. The molecule has 0 radical (unpaired) electrons. The van der Waals surface area contributed by atoms with E-state index < -0.39 is 5.97 Å². The molecule has 3 N–H and O–H groups in total. The number of nitrogen functional groups attached to an aromatic ring is 1. The lowest BCUT2D eigenvalue weighted by molar-refractivity contribution is 0.0462. The molecular weight excluding hydrogens is 218 g/mol. The predicted molar refractivity (Wildman–Crippen MR) is 66.9 cm³/mol. The fraction of sp³-hybridized carbons (Fsp3) is 0.462. The van der Waals surface area contributed by atoms with Crippen LogP contribution in [0.15, 0.2) is 18.2 Å². The third-order valence-electron chi connectivity index (χ3n) is 2.33.